The molecule has 0 bridgehead atoms. The third kappa shape index (κ3) is 4.97. The van der Waals surface area contributed by atoms with Gasteiger partial charge in [0.25, 0.3) is 0 Å². The van der Waals surface area contributed by atoms with E-state index in [1.807, 2.05) is 0 Å². The highest BCUT2D eigenvalue weighted by molar-refractivity contribution is 7.88. The van der Waals surface area contributed by atoms with Gasteiger partial charge in [-0.05, 0) is 36.8 Å². The standard InChI is InChI=1S/C24H37N3O4S/c1-19(2)21-6-4-5-7-22(21)26-16-14-25(15-17-26)11-8-20-18-24(23(28)31-20)9-12-27(13-10-24)32(3,29)30/h4-7,19-20H,8-18H2,1-3H3/t20-/m0/s1. The topological polar surface area (TPSA) is 70.2 Å². The summed E-state index contributed by atoms with van der Waals surface area (Å²) in [5.41, 5.74) is 2.28. The number of carbonyl (C=O) groups is 1. The summed E-state index contributed by atoms with van der Waals surface area (Å²) in [6.45, 7) is 10.3. The number of esters is 1. The summed E-state index contributed by atoms with van der Waals surface area (Å²) in [4.78, 5) is 17.6. The molecule has 3 aliphatic heterocycles. The van der Waals surface area contributed by atoms with E-state index in [-0.39, 0.29) is 12.1 Å². The highest BCUT2D eigenvalue weighted by Gasteiger charge is 2.51. The number of para-hydroxylation sites is 1. The summed E-state index contributed by atoms with van der Waals surface area (Å²) >= 11 is 0. The van der Waals surface area contributed by atoms with Crippen molar-refractivity contribution in [1.29, 1.82) is 0 Å². The van der Waals surface area contributed by atoms with Crippen molar-refractivity contribution >= 4 is 21.7 Å². The zero-order chi connectivity index (χ0) is 22.9. The molecule has 0 saturated carbocycles. The van der Waals surface area contributed by atoms with E-state index in [0.29, 0.717) is 31.8 Å². The largest absolute Gasteiger partial charge is 0.462 e. The van der Waals surface area contributed by atoms with E-state index < -0.39 is 15.4 Å². The maximum Gasteiger partial charge on any atom is 0.312 e. The molecule has 3 fully saturated rings. The van der Waals surface area contributed by atoms with Crippen molar-refractivity contribution in [2.45, 2.75) is 51.6 Å². The molecule has 0 N–H and O–H groups in total. The van der Waals surface area contributed by atoms with Crippen LogP contribution >= 0.6 is 0 Å². The van der Waals surface area contributed by atoms with Gasteiger partial charge in [-0.25, -0.2) is 12.7 Å². The van der Waals surface area contributed by atoms with Crippen molar-refractivity contribution < 1.29 is 17.9 Å². The van der Waals surface area contributed by atoms with Crippen LogP contribution in [0.3, 0.4) is 0 Å². The molecule has 0 radical (unpaired) electrons. The number of anilines is 1. The molecule has 0 amide bonds. The first-order valence-corrected chi connectivity index (χ1v) is 13.8. The first kappa shape index (κ1) is 23.5. The van der Waals surface area contributed by atoms with Gasteiger partial charge in [-0.3, -0.25) is 9.69 Å². The van der Waals surface area contributed by atoms with Gasteiger partial charge < -0.3 is 9.64 Å². The number of benzene rings is 1. The fourth-order valence-electron chi connectivity index (χ4n) is 5.45. The molecule has 1 aromatic rings. The van der Waals surface area contributed by atoms with Gasteiger partial charge in [0.1, 0.15) is 6.10 Å². The fourth-order valence-corrected chi connectivity index (χ4v) is 6.30. The van der Waals surface area contributed by atoms with Crippen molar-refractivity contribution in [1.82, 2.24) is 9.21 Å². The van der Waals surface area contributed by atoms with Crippen LogP contribution in [0.4, 0.5) is 5.69 Å². The van der Waals surface area contributed by atoms with E-state index in [1.165, 1.54) is 21.8 Å². The average Bonchev–Trinajstić information content (AvgIpc) is 3.07. The van der Waals surface area contributed by atoms with E-state index in [9.17, 15) is 13.2 Å². The van der Waals surface area contributed by atoms with E-state index in [0.717, 1.165) is 45.6 Å². The molecule has 0 aliphatic carbocycles. The second-order valence-electron chi connectivity index (χ2n) is 10.0. The van der Waals surface area contributed by atoms with Crippen LogP contribution in [-0.2, 0) is 19.6 Å². The van der Waals surface area contributed by atoms with Gasteiger partial charge in [-0.1, -0.05) is 32.0 Å². The van der Waals surface area contributed by atoms with Gasteiger partial charge >= 0.3 is 5.97 Å². The second-order valence-corrected chi connectivity index (χ2v) is 12.0. The number of carbonyl (C=O) groups excluding carboxylic acids is 1. The molecule has 7 nitrogen and oxygen atoms in total. The number of piperidine rings is 1. The molecule has 3 aliphatic rings. The minimum atomic E-state index is -3.19. The maximum atomic E-state index is 12.6. The molecule has 4 rings (SSSR count). The Morgan fingerprint density at radius 3 is 2.34 bits per heavy atom. The zero-order valence-electron chi connectivity index (χ0n) is 19.6. The van der Waals surface area contributed by atoms with Gasteiger partial charge in [-0.2, -0.15) is 0 Å². The lowest BCUT2D eigenvalue weighted by Gasteiger charge is -2.37. The predicted molar refractivity (Wildman–Crippen MR) is 126 cm³/mol. The Balaban J connectivity index is 1.25. The first-order chi connectivity index (χ1) is 15.2. The normalized spacial score (nSPS) is 24.9. The van der Waals surface area contributed by atoms with Gasteiger partial charge in [0.05, 0.1) is 11.7 Å². The number of hydrogen-bond donors (Lipinski definition) is 0. The van der Waals surface area contributed by atoms with Crippen LogP contribution in [0.2, 0.25) is 0 Å². The van der Waals surface area contributed by atoms with Gasteiger partial charge in [0.2, 0.25) is 10.0 Å². The summed E-state index contributed by atoms with van der Waals surface area (Å²) < 4.78 is 30.8. The summed E-state index contributed by atoms with van der Waals surface area (Å²) in [7, 11) is -3.19. The molecule has 1 spiro atoms. The lowest BCUT2D eigenvalue weighted by molar-refractivity contribution is -0.150. The summed E-state index contributed by atoms with van der Waals surface area (Å²) in [5.74, 6) is 0.392. The number of hydrogen-bond acceptors (Lipinski definition) is 6. The Morgan fingerprint density at radius 1 is 1.06 bits per heavy atom. The summed E-state index contributed by atoms with van der Waals surface area (Å²) in [5, 5.41) is 0. The van der Waals surface area contributed by atoms with Gasteiger partial charge in [0.15, 0.2) is 0 Å². The number of cyclic esters (lactones) is 1. The predicted octanol–water partition coefficient (Wildman–Crippen LogP) is 2.68. The molecular formula is C24H37N3O4S. The summed E-state index contributed by atoms with van der Waals surface area (Å²) in [6, 6.07) is 8.71. The molecule has 1 atom stereocenters. The molecule has 1 aromatic carbocycles. The van der Waals surface area contributed by atoms with Crippen molar-refractivity contribution in [3.8, 4) is 0 Å². The van der Waals surface area contributed by atoms with Crippen molar-refractivity contribution in [2.75, 3.05) is 57.0 Å². The molecule has 32 heavy (non-hydrogen) atoms. The summed E-state index contributed by atoms with van der Waals surface area (Å²) in [6.07, 6.45) is 3.91. The van der Waals surface area contributed by atoms with E-state index >= 15 is 0 Å². The minimum Gasteiger partial charge on any atom is -0.462 e. The van der Waals surface area contributed by atoms with Crippen molar-refractivity contribution in [2.24, 2.45) is 5.41 Å². The smallest absolute Gasteiger partial charge is 0.312 e. The van der Waals surface area contributed by atoms with Crippen LogP contribution in [0.5, 0.6) is 0 Å². The van der Waals surface area contributed by atoms with Crippen LogP contribution in [0.1, 0.15) is 51.0 Å². The molecule has 3 saturated heterocycles. The number of nitrogens with zero attached hydrogens (tertiary/aromatic N) is 3. The Bertz CT molecular complexity index is 917. The third-order valence-corrected chi connectivity index (χ3v) is 8.82. The van der Waals surface area contributed by atoms with Crippen LogP contribution in [-0.4, -0.2) is 81.8 Å². The van der Waals surface area contributed by atoms with Crippen LogP contribution < -0.4 is 4.90 Å². The number of piperazine rings is 1. The fraction of sp³-hybridized carbons (Fsp3) is 0.708. The molecule has 0 aromatic heterocycles. The Morgan fingerprint density at radius 2 is 1.72 bits per heavy atom. The lowest BCUT2D eigenvalue weighted by Crippen LogP contribution is -2.47. The van der Waals surface area contributed by atoms with Gasteiger partial charge in [-0.15, -0.1) is 0 Å². The van der Waals surface area contributed by atoms with Crippen LogP contribution in [0.25, 0.3) is 0 Å². The highest BCUT2D eigenvalue weighted by Crippen LogP contribution is 2.44. The second kappa shape index (κ2) is 9.31. The van der Waals surface area contributed by atoms with E-state index in [2.05, 4.69) is 47.9 Å². The molecular weight excluding hydrogens is 426 g/mol. The average molecular weight is 464 g/mol. The van der Waals surface area contributed by atoms with E-state index in [4.69, 9.17) is 4.74 Å². The Kier molecular flexibility index (Phi) is 6.84. The molecule has 0 unspecified atom stereocenters. The first-order valence-electron chi connectivity index (χ1n) is 11.9. The quantitative estimate of drug-likeness (QED) is 0.604. The SMILES string of the molecule is CC(C)c1ccccc1N1CCN(CC[C@H]2CC3(CCN(S(C)(=O)=O)CC3)C(=O)O2)CC1. The molecule has 8 heteroatoms. The minimum absolute atomic E-state index is 0.0491. The number of sulfonamides is 1. The monoisotopic (exact) mass is 463 g/mol. The number of ether oxygens (including phenoxy) is 1. The van der Waals surface area contributed by atoms with Crippen molar-refractivity contribution in [3.05, 3.63) is 29.8 Å². The third-order valence-electron chi connectivity index (χ3n) is 7.51. The lowest BCUT2D eigenvalue weighted by atomic mass is 9.76. The Labute approximate surface area is 192 Å². The van der Waals surface area contributed by atoms with Crippen LogP contribution in [0.15, 0.2) is 24.3 Å². The van der Waals surface area contributed by atoms with Crippen molar-refractivity contribution in [3.63, 3.8) is 0 Å². The zero-order valence-corrected chi connectivity index (χ0v) is 20.4. The maximum absolute atomic E-state index is 12.6. The van der Waals surface area contributed by atoms with Crippen LogP contribution in [0, 0.1) is 5.41 Å². The molecule has 3 heterocycles. The highest BCUT2D eigenvalue weighted by atomic mass is 32.2. The number of rotatable bonds is 6. The van der Waals surface area contributed by atoms with E-state index in [1.54, 1.807) is 0 Å². The molecule has 178 valence electrons. The van der Waals surface area contributed by atoms with Gasteiger partial charge in [0, 0.05) is 57.9 Å². The Hall–Kier alpha value is -1.64.